The zero-order chi connectivity index (χ0) is 26.2. The fraction of sp³-hybridized carbons (Fsp3) is 0.286. The van der Waals surface area contributed by atoms with Crippen molar-refractivity contribution in [3.63, 3.8) is 0 Å². The third-order valence-electron chi connectivity index (χ3n) is 5.87. The van der Waals surface area contributed by atoms with E-state index in [2.05, 4.69) is 30.9 Å². The van der Waals surface area contributed by atoms with Crippen LogP contribution in [-0.4, -0.2) is 24.6 Å². The lowest BCUT2D eigenvalue weighted by Crippen LogP contribution is -2.24. The van der Waals surface area contributed by atoms with Crippen LogP contribution < -0.4 is 10.3 Å². The summed E-state index contributed by atoms with van der Waals surface area (Å²) in [7, 11) is 0. The number of aromatic nitrogens is 4. The molecule has 0 amide bonds. The Morgan fingerprint density at radius 1 is 1.03 bits per heavy atom. The van der Waals surface area contributed by atoms with Crippen LogP contribution in [-0.2, 0) is 12.2 Å². The van der Waals surface area contributed by atoms with Gasteiger partial charge < -0.3 is 9.84 Å². The second-order valence-electron chi connectivity index (χ2n) is 9.48. The number of halogens is 1. The highest BCUT2D eigenvalue weighted by Crippen LogP contribution is 2.29. The Kier molecular flexibility index (Phi) is 7.11. The molecule has 0 radical (unpaired) electrons. The lowest BCUT2D eigenvalue weighted by atomic mass is 10.0. The van der Waals surface area contributed by atoms with Crippen molar-refractivity contribution in [3.05, 3.63) is 97.4 Å². The van der Waals surface area contributed by atoms with Gasteiger partial charge in [0.05, 0.1) is 11.4 Å². The first-order chi connectivity index (χ1) is 17.0. The van der Waals surface area contributed by atoms with Gasteiger partial charge in [-0.15, -0.1) is 0 Å². The Balaban J connectivity index is 1.75. The fourth-order valence-corrected chi connectivity index (χ4v) is 4.32. The van der Waals surface area contributed by atoms with E-state index >= 15 is 0 Å². The summed E-state index contributed by atoms with van der Waals surface area (Å²) >= 11 is 3.41. The number of ether oxygens (including phenoxy) is 1. The van der Waals surface area contributed by atoms with E-state index in [-0.39, 0.29) is 15.9 Å². The molecule has 0 saturated carbocycles. The minimum Gasteiger partial charge on any atom is -0.472 e. The molecule has 0 spiro atoms. The number of rotatable bonds is 6. The molecular formula is C28H29BrN4O3. The first-order valence-corrected chi connectivity index (χ1v) is 12.4. The number of benzene rings is 2. The number of hydrogen-bond acceptors (Lipinski definition) is 6. The average molecular weight is 549 g/mol. The van der Waals surface area contributed by atoms with Gasteiger partial charge in [-0.05, 0) is 80.2 Å². The Hall–Kier alpha value is -3.36. The van der Waals surface area contributed by atoms with Gasteiger partial charge in [0.15, 0.2) is 5.82 Å². The van der Waals surface area contributed by atoms with E-state index in [4.69, 9.17) is 4.74 Å². The smallest absolute Gasteiger partial charge is 0.276 e. The molecule has 1 N–H and O–H groups in total. The summed E-state index contributed by atoms with van der Waals surface area (Å²) in [4.78, 5) is 27.0. The maximum Gasteiger partial charge on any atom is 0.276 e. The van der Waals surface area contributed by atoms with Gasteiger partial charge in [0, 0.05) is 11.8 Å². The van der Waals surface area contributed by atoms with Crippen LogP contribution in [0.15, 0.2) is 57.9 Å². The van der Waals surface area contributed by atoms with Gasteiger partial charge in [0.1, 0.15) is 22.5 Å². The zero-order valence-corrected chi connectivity index (χ0v) is 22.8. The third-order valence-corrected chi connectivity index (χ3v) is 6.54. The number of aliphatic hydroxyl groups is 1. The number of aryl methyl sites for hydroxylation is 4. The Morgan fingerprint density at radius 3 is 2.47 bits per heavy atom. The highest BCUT2D eigenvalue weighted by Gasteiger charge is 2.22. The monoisotopic (exact) mass is 548 g/mol. The third kappa shape index (κ3) is 5.24. The molecule has 0 aliphatic carbocycles. The molecule has 186 valence electrons. The maximum atomic E-state index is 13.5. The topological polar surface area (TPSA) is 90.1 Å². The van der Waals surface area contributed by atoms with Crippen LogP contribution >= 0.6 is 15.9 Å². The van der Waals surface area contributed by atoms with Crippen molar-refractivity contribution in [1.82, 2.24) is 19.5 Å². The molecule has 0 unspecified atom stereocenters. The molecule has 0 aliphatic rings. The van der Waals surface area contributed by atoms with Gasteiger partial charge in [-0.1, -0.05) is 42.0 Å². The molecule has 7 nitrogen and oxygen atoms in total. The fourth-order valence-electron chi connectivity index (χ4n) is 3.94. The van der Waals surface area contributed by atoms with Gasteiger partial charge in [0.2, 0.25) is 5.88 Å². The summed E-state index contributed by atoms with van der Waals surface area (Å²) in [5, 5.41) is 10.4. The standard InChI is InChI=1S/C28H29BrN4O3/c1-16-8-7-9-20(12-16)15-36-25-23(29)26(34)33(19(4)31-25)22-13-21(11-10-17(22)2)24-18(3)14-30-27(32-24)28(5,6)35/h7-14,35H,15H2,1-6H3. The largest absolute Gasteiger partial charge is 0.472 e. The molecule has 8 heteroatoms. The van der Waals surface area contributed by atoms with Gasteiger partial charge in [-0.25, -0.2) is 9.97 Å². The van der Waals surface area contributed by atoms with Crippen molar-refractivity contribution in [3.8, 4) is 22.8 Å². The molecule has 4 rings (SSSR count). The van der Waals surface area contributed by atoms with Gasteiger partial charge in [-0.3, -0.25) is 9.36 Å². The minimum atomic E-state index is -1.17. The highest BCUT2D eigenvalue weighted by atomic mass is 79.9. The molecular weight excluding hydrogens is 520 g/mol. The van der Waals surface area contributed by atoms with Crippen molar-refractivity contribution in [1.29, 1.82) is 0 Å². The Bertz CT molecular complexity index is 1510. The summed E-state index contributed by atoms with van der Waals surface area (Å²) in [6.45, 7) is 11.3. The average Bonchev–Trinajstić information content (AvgIpc) is 2.81. The predicted octanol–water partition coefficient (Wildman–Crippen LogP) is 5.49. The summed E-state index contributed by atoms with van der Waals surface area (Å²) in [5.41, 5.74) is 4.66. The first-order valence-electron chi connectivity index (χ1n) is 11.6. The Labute approximate surface area is 219 Å². The van der Waals surface area contributed by atoms with E-state index < -0.39 is 5.60 Å². The lowest BCUT2D eigenvalue weighted by Gasteiger charge is -2.18. The second-order valence-corrected chi connectivity index (χ2v) is 10.3. The second kappa shape index (κ2) is 9.95. The summed E-state index contributed by atoms with van der Waals surface area (Å²) in [6, 6.07) is 13.8. The Morgan fingerprint density at radius 2 is 1.78 bits per heavy atom. The molecule has 2 heterocycles. The molecule has 4 aromatic rings. The summed E-state index contributed by atoms with van der Waals surface area (Å²) < 4.78 is 7.73. The molecule has 0 saturated heterocycles. The van der Waals surface area contributed by atoms with E-state index in [1.54, 1.807) is 31.5 Å². The van der Waals surface area contributed by atoms with E-state index in [0.29, 0.717) is 29.6 Å². The molecule has 0 bridgehead atoms. The van der Waals surface area contributed by atoms with Crippen LogP contribution in [0.5, 0.6) is 5.88 Å². The van der Waals surface area contributed by atoms with Gasteiger partial charge >= 0.3 is 0 Å². The van der Waals surface area contributed by atoms with Gasteiger partial charge in [0.25, 0.3) is 5.56 Å². The minimum absolute atomic E-state index is 0.255. The highest BCUT2D eigenvalue weighted by molar-refractivity contribution is 9.10. The van der Waals surface area contributed by atoms with Crippen LogP contribution in [0.3, 0.4) is 0 Å². The van der Waals surface area contributed by atoms with E-state index in [0.717, 1.165) is 27.8 Å². The van der Waals surface area contributed by atoms with Crippen molar-refractivity contribution < 1.29 is 9.84 Å². The number of hydrogen-bond donors (Lipinski definition) is 1. The normalized spacial score (nSPS) is 11.6. The quantitative estimate of drug-likeness (QED) is 0.342. The van der Waals surface area contributed by atoms with E-state index in [9.17, 15) is 9.90 Å². The van der Waals surface area contributed by atoms with E-state index in [1.165, 1.54) is 0 Å². The lowest BCUT2D eigenvalue weighted by molar-refractivity contribution is 0.0688. The zero-order valence-electron chi connectivity index (χ0n) is 21.3. The number of nitrogens with zero attached hydrogens (tertiary/aromatic N) is 4. The molecule has 0 aliphatic heterocycles. The van der Waals surface area contributed by atoms with Crippen molar-refractivity contribution in [2.24, 2.45) is 0 Å². The predicted molar refractivity (Wildman–Crippen MR) is 144 cm³/mol. The molecule has 2 aromatic carbocycles. The summed E-state index contributed by atoms with van der Waals surface area (Å²) in [6.07, 6.45) is 1.70. The van der Waals surface area contributed by atoms with Crippen molar-refractivity contribution in [2.45, 2.75) is 53.8 Å². The van der Waals surface area contributed by atoms with E-state index in [1.807, 2.05) is 63.2 Å². The molecule has 36 heavy (non-hydrogen) atoms. The van der Waals surface area contributed by atoms with Crippen molar-refractivity contribution >= 4 is 15.9 Å². The molecule has 0 fully saturated rings. The van der Waals surface area contributed by atoms with Crippen LogP contribution in [0.4, 0.5) is 0 Å². The van der Waals surface area contributed by atoms with Gasteiger partial charge in [-0.2, -0.15) is 4.98 Å². The van der Waals surface area contributed by atoms with Crippen LogP contribution in [0.1, 0.15) is 47.8 Å². The SMILES string of the molecule is Cc1cccc(COc2nc(C)n(-c3cc(-c4nc(C(C)(C)O)ncc4C)ccc3C)c(=O)c2Br)c1. The molecule has 0 atom stereocenters. The first kappa shape index (κ1) is 25.7. The van der Waals surface area contributed by atoms with Crippen molar-refractivity contribution in [2.75, 3.05) is 0 Å². The maximum absolute atomic E-state index is 13.5. The van der Waals surface area contributed by atoms with Crippen LogP contribution in [0.25, 0.3) is 16.9 Å². The molecule has 2 aromatic heterocycles. The van der Waals surface area contributed by atoms with Crippen LogP contribution in [0, 0.1) is 27.7 Å². The van der Waals surface area contributed by atoms with Crippen LogP contribution in [0.2, 0.25) is 0 Å². The summed E-state index contributed by atoms with van der Waals surface area (Å²) in [5.74, 6) is 1.09.